The van der Waals surface area contributed by atoms with Crippen LogP contribution in [-0.4, -0.2) is 29.3 Å². The molecular formula is C18H40O2Si2. The molecule has 0 fully saturated rings. The van der Waals surface area contributed by atoms with E-state index in [0.29, 0.717) is 0 Å². The molecule has 0 saturated carbocycles. The van der Waals surface area contributed by atoms with Gasteiger partial charge in [-0.1, -0.05) is 47.6 Å². The van der Waals surface area contributed by atoms with E-state index in [-0.39, 0.29) is 16.2 Å². The molecule has 0 aromatic rings. The Bertz CT molecular complexity index is 349. The van der Waals surface area contributed by atoms with Gasteiger partial charge in [-0.3, -0.25) is 0 Å². The van der Waals surface area contributed by atoms with Crippen LogP contribution >= 0.6 is 0 Å². The van der Waals surface area contributed by atoms with Crippen molar-refractivity contribution < 1.29 is 8.85 Å². The van der Waals surface area contributed by atoms with Crippen molar-refractivity contribution in [1.82, 2.24) is 0 Å². The third-order valence-corrected chi connectivity index (χ3v) is 14.5. The number of rotatable bonds is 8. The molecule has 4 heteroatoms. The van der Waals surface area contributed by atoms with Gasteiger partial charge in [0.2, 0.25) is 0 Å². The second kappa shape index (κ2) is 7.78. The van der Waals surface area contributed by atoms with Crippen LogP contribution in [0.2, 0.25) is 36.3 Å². The van der Waals surface area contributed by atoms with Crippen LogP contribution in [0.5, 0.6) is 0 Å². The maximum Gasteiger partial charge on any atom is 0.192 e. The Morgan fingerprint density at radius 2 is 1.36 bits per heavy atom. The molecule has 0 amide bonds. The minimum absolute atomic E-state index is 0.239. The van der Waals surface area contributed by atoms with Crippen LogP contribution in [0.25, 0.3) is 0 Å². The van der Waals surface area contributed by atoms with Gasteiger partial charge < -0.3 is 8.85 Å². The molecule has 0 aromatic heterocycles. The Balaban J connectivity index is 4.66. The first-order chi connectivity index (χ1) is 9.64. The highest BCUT2D eigenvalue weighted by Crippen LogP contribution is 2.39. The van der Waals surface area contributed by atoms with Gasteiger partial charge in [-0.25, -0.2) is 0 Å². The highest BCUT2D eigenvalue weighted by atomic mass is 28.4. The lowest BCUT2D eigenvalue weighted by Gasteiger charge is -2.40. The standard InChI is InChI=1S/C18H40O2Si2/c1-12-13-16(20-22(10,11)18(5,6)7)14-15-19-21(8,9)17(2,3)4/h12,16H,1,13-15H2,2-11H3/t16-/m0/s1. The van der Waals surface area contributed by atoms with Gasteiger partial charge in [0.1, 0.15) is 0 Å². The van der Waals surface area contributed by atoms with E-state index < -0.39 is 16.6 Å². The highest BCUT2D eigenvalue weighted by molar-refractivity contribution is 6.74. The first-order valence-electron chi connectivity index (χ1n) is 8.57. The minimum atomic E-state index is -1.73. The fourth-order valence-electron chi connectivity index (χ4n) is 1.67. The van der Waals surface area contributed by atoms with E-state index in [4.69, 9.17) is 8.85 Å². The Kier molecular flexibility index (Phi) is 7.81. The molecule has 0 spiro atoms. The summed E-state index contributed by atoms with van der Waals surface area (Å²) in [4.78, 5) is 0. The molecule has 0 aliphatic heterocycles. The Labute approximate surface area is 141 Å². The highest BCUT2D eigenvalue weighted by Gasteiger charge is 2.40. The summed E-state index contributed by atoms with van der Waals surface area (Å²) in [5.41, 5.74) is 0. The van der Waals surface area contributed by atoms with Crippen molar-refractivity contribution in [3.05, 3.63) is 12.7 Å². The predicted octanol–water partition coefficient (Wildman–Crippen LogP) is 6.36. The lowest BCUT2D eigenvalue weighted by Crippen LogP contribution is -2.45. The zero-order valence-corrected chi connectivity index (χ0v) is 18.8. The monoisotopic (exact) mass is 344 g/mol. The first kappa shape index (κ1) is 22.1. The van der Waals surface area contributed by atoms with E-state index >= 15 is 0 Å². The molecule has 0 aliphatic carbocycles. The summed E-state index contributed by atoms with van der Waals surface area (Å²) in [6.07, 6.45) is 4.09. The Morgan fingerprint density at radius 3 is 1.73 bits per heavy atom. The predicted molar refractivity (Wildman–Crippen MR) is 105 cm³/mol. The van der Waals surface area contributed by atoms with Gasteiger partial charge in [0, 0.05) is 6.61 Å². The molecule has 0 radical (unpaired) electrons. The molecule has 2 nitrogen and oxygen atoms in total. The Morgan fingerprint density at radius 1 is 0.909 bits per heavy atom. The van der Waals surface area contributed by atoms with Crippen LogP contribution in [0.15, 0.2) is 12.7 Å². The van der Waals surface area contributed by atoms with Crippen molar-refractivity contribution in [2.75, 3.05) is 6.61 Å². The van der Waals surface area contributed by atoms with Gasteiger partial charge in [0.05, 0.1) is 6.10 Å². The van der Waals surface area contributed by atoms with Crippen LogP contribution in [0.3, 0.4) is 0 Å². The van der Waals surface area contributed by atoms with Gasteiger partial charge in [-0.15, -0.1) is 6.58 Å². The molecule has 0 aliphatic rings. The largest absolute Gasteiger partial charge is 0.417 e. The molecule has 0 rings (SSSR count). The van der Waals surface area contributed by atoms with Crippen molar-refractivity contribution >= 4 is 16.6 Å². The molecule has 0 N–H and O–H groups in total. The van der Waals surface area contributed by atoms with Gasteiger partial charge >= 0.3 is 0 Å². The quantitative estimate of drug-likeness (QED) is 0.376. The van der Waals surface area contributed by atoms with E-state index in [0.717, 1.165) is 19.4 Å². The first-order valence-corrected chi connectivity index (χ1v) is 14.4. The molecule has 0 unspecified atom stereocenters. The van der Waals surface area contributed by atoms with Crippen molar-refractivity contribution in [2.24, 2.45) is 0 Å². The Hall–Kier alpha value is 0.0938. The maximum absolute atomic E-state index is 6.55. The van der Waals surface area contributed by atoms with Crippen molar-refractivity contribution in [1.29, 1.82) is 0 Å². The van der Waals surface area contributed by atoms with Gasteiger partial charge in [-0.05, 0) is 49.1 Å². The van der Waals surface area contributed by atoms with Crippen LogP contribution in [0.1, 0.15) is 54.4 Å². The average Bonchev–Trinajstić information content (AvgIpc) is 2.25. The van der Waals surface area contributed by atoms with Gasteiger partial charge in [0.15, 0.2) is 16.6 Å². The fraction of sp³-hybridized carbons (Fsp3) is 0.889. The minimum Gasteiger partial charge on any atom is -0.417 e. The third-order valence-electron chi connectivity index (χ3n) is 5.41. The topological polar surface area (TPSA) is 18.5 Å². The molecule has 0 saturated heterocycles. The maximum atomic E-state index is 6.55. The van der Waals surface area contributed by atoms with Crippen LogP contribution in [0.4, 0.5) is 0 Å². The summed E-state index contributed by atoms with van der Waals surface area (Å²) >= 11 is 0. The summed E-state index contributed by atoms with van der Waals surface area (Å²) in [5, 5.41) is 0.508. The van der Waals surface area contributed by atoms with Crippen molar-refractivity contribution in [3.63, 3.8) is 0 Å². The average molecular weight is 345 g/mol. The van der Waals surface area contributed by atoms with Crippen LogP contribution < -0.4 is 0 Å². The summed E-state index contributed by atoms with van der Waals surface area (Å²) in [5.74, 6) is 0. The second-order valence-electron chi connectivity index (χ2n) is 9.42. The van der Waals surface area contributed by atoms with E-state index in [2.05, 4.69) is 74.3 Å². The van der Waals surface area contributed by atoms with E-state index in [1.165, 1.54) is 0 Å². The SMILES string of the molecule is C=CC[C@@H](CCO[Si](C)(C)C(C)(C)C)O[Si](C)(C)C(C)(C)C. The van der Waals surface area contributed by atoms with E-state index in [1.54, 1.807) is 0 Å². The van der Waals surface area contributed by atoms with E-state index in [9.17, 15) is 0 Å². The second-order valence-corrected chi connectivity index (χ2v) is 19.0. The molecule has 0 aromatic carbocycles. The number of hydrogen-bond acceptors (Lipinski definition) is 2. The van der Waals surface area contributed by atoms with Gasteiger partial charge in [0.25, 0.3) is 0 Å². The van der Waals surface area contributed by atoms with Crippen LogP contribution in [0, 0.1) is 0 Å². The zero-order chi connectivity index (χ0) is 17.8. The van der Waals surface area contributed by atoms with Crippen molar-refractivity contribution in [3.8, 4) is 0 Å². The lowest BCUT2D eigenvalue weighted by molar-refractivity contribution is 0.144. The fourth-order valence-corrected chi connectivity index (χ4v) is 4.13. The summed E-state index contributed by atoms with van der Waals surface area (Å²) in [6, 6.07) is 0. The van der Waals surface area contributed by atoms with Crippen molar-refractivity contribution in [2.45, 2.75) is 96.8 Å². The summed E-state index contributed by atoms with van der Waals surface area (Å²) in [6.45, 7) is 27.7. The molecular weight excluding hydrogens is 304 g/mol. The van der Waals surface area contributed by atoms with Crippen LogP contribution in [-0.2, 0) is 8.85 Å². The molecule has 1 atom stereocenters. The summed E-state index contributed by atoms with van der Waals surface area (Å²) in [7, 11) is -3.39. The molecule has 22 heavy (non-hydrogen) atoms. The zero-order valence-electron chi connectivity index (χ0n) is 16.8. The molecule has 132 valence electrons. The van der Waals surface area contributed by atoms with Gasteiger partial charge in [-0.2, -0.15) is 0 Å². The smallest absolute Gasteiger partial charge is 0.192 e. The summed E-state index contributed by atoms with van der Waals surface area (Å²) < 4.78 is 12.9. The third kappa shape index (κ3) is 6.69. The van der Waals surface area contributed by atoms with E-state index in [1.807, 2.05) is 6.08 Å². The number of hydrogen-bond donors (Lipinski definition) is 0. The lowest BCUT2D eigenvalue weighted by atomic mass is 10.2. The molecule has 0 bridgehead atoms. The normalized spacial score (nSPS) is 15.7. The molecule has 0 heterocycles.